The lowest BCUT2D eigenvalue weighted by atomic mass is 9.92. The number of urea groups is 1. The molecular formula is C25H29N3O. The molecule has 2 N–H and O–H groups in total. The average Bonchev–Trinajstić information content (AvgIpc) is 3.13. The lowest BCUT2D eigenvalue weighted by molar-refractivity contribution is 0.172. The van der Waals surface area contributed by atoms with Crippen LogP contribution >= 0.6 is 0 Å². The van der Waals surface area contributed by atoms with Gasteiger partial charge < -0.3 is 15.2 Å². The van der Waals surface area contributed by atoms with Gasteiger partial charge in [0.25, 0.3) is 0 Å². The molecule has 0 saturated heterocycles. The number of para-hydroxylation sites is 1. The van der Waals surface area contributed by atoms with Crippen LogP contribution in [0.15, 0.2) is 48.5 Å². The van der Waals surface area contributed by atoms with Crippen LogP contribution in [0.25, 0.3) is 10.9 Å². The molecule has 0 radical (unpaired) electrons. The van der Waals surface area contributed by atoms with Gasteiger partial charge in [-0.15, -0.1) is 0 Å². The molecule has 0 spiro atoms. The van der Waals surface area contributed by atoms with Crippen molar-refractivity contribution >= 4 is 16.9 Å². The molecule has 1 saturated carbocycles. The maximum absolute atomic E-state index is 13.3. The maximum atomic E-state index is 13.3. The molecule has 4 nitrogen and oxygen atoms in total. The zero-order valence-corrected chi connectivity index (χ0v) is 17.1. The quantitative estimate of drug-likeness (QED) is 0.602. The summed E-state index contributed by atoms with van der Waals surface area (Å²) in [5.41, 5.74) is 6.08. The monoisotopic (exact) mass is 387 g/mol. The Morgan fingerprint density at radius 1 is 1.03 bits per heavy atom. The molecule has 2 amide bonds. The van der Waals surface area contributed by atoms with E-state index in [1.807, 2.05) is 4.90 Å². The van der Waals surface area contributed by atoms with Gasteiger partial charge in [-0.05, 0) is 43.4 Å². The minimum Gasteiger partial charge on any atom is -0.356 e. The van der Waals surface area contributed by atoms with E-state index in [2.05, 4.69) is 65.8 Å². The summed E-state index contributed by atoms with van der Waals surface area (Å²) in [5.74, 6) is 0. The summed E-state index contributed by atoms with van der Waals surface area (Å²) in [6.07, 6.45) is 6.83. The van der Waals surface area contributed by atoms with E-state index in [-0.39, 0.29) is 12.1 Å². The van der Waals surface area contributed by atoms with Crippen molar-refractivity contribution < 1.29 is 4.79 Å². The molecule has 1 unspecified atom stereocenters. The first-order valence-electron chi connectivity index (χ1n) is 10.9. The fourth-order valence-corrected chi connectivity index (χ4v) is 5.06. The van der Waals surface area contributed by atoms with E-state index in [9.17, 15) is 4.79 Å². The predicted molar refractivity (Wildman–Crippen MR) is 117 cm³/mol. The standard InChI is InChI=1S/C25H29N3O/c1-17-11-13-18(14-12-17)24-23-21(20-9-5-6-10-22(20)27-23)15-16-28(24)25(29)26-19-7-3-2-4-8-19/h5-6,9-14,19,24,27H,2-4,7-8,15-16H2,1H3,(H,26,29). The van der Waals surface area contributed by atoms with Gasteiger partial charge in [-0.3, -0.25) is 0 Å². The number of H-pyrrole nitrogens is 1. The Kier molecular flexibility index (Phi) is 4.78. The molecule has 150 valence electrons. The maximum Gasteiger partial charge on any atom is 0.318 e. The molecule has 1 fully saturated rings. The number of aromatic amines is 1. The molecule has 1 atom stereocenters. The minimum atomic E-state index is -0.0738. The van der Waals surface area contributed by atoms with Crippen molar-refractivity contribution in [1.29, 1.82) is 0 Å². The van der Waals surface area contributed by atoms with Gasteiger partial charge in [0.1, 0.15) is 0 Å². The Labute approximate surface area is 172 Å². The van der Waals surface area contributed by atoms with E-state index in [4.69, 9.17) is 0 Å². The number of aryl methyl sites for hydroxylation is 1. The molecule has 4 heteroatoms. The molecule has 29 heavy (non-hydrogen) atoms. The third-order valence-electron chi connectivity index (χ3n) is 6.62. The van der Waals surface area contributed by atoms with Crippen LogP contribution in [-0.2, 0) is 6.42 Å². The SMILES string of the molecule is Cc1ccc(C2c3[nH]c4ccccc4c3CCN2C(=O)NC2CCCCC2)cc1. The van der Waals surface area contributed by atoms with Crippen molar-refractivity contribution in [2.24, 2.45) is 0 Å². The third kappa shape index (κ3) is 3.41. The minimum absolute atomic E-state index is 0.0738. The summed E-state index contributed by atoms with van der Waals surface area (Å²) in [4.78, 5) is 19.0. The number of nitrogens with one attached hydrogen (secondary N) is 2. The van der Waals surface area contributed by atoms with Crippen LogP contribution in [0.4, 0.5) is 4.79 Å². The van der Waals surface area contributed by atoms with Crippen LogP contribution in [0.3, 0.4) is 0 Å². The van der Waals surface area contributed by atoms with E-state index in [1.54, 1.807) is 0 Å². The van der Waals surface area contributed by atoms with Gasteiger partial charge in [-0.25, -0.2) is 4.79 Å². The number of rotatable bonds is 2. The van der Waals surface area contributed by atoms with Gasteiger partial charge in [0.05, 0.1) is 6.04 Å². The number of hydrogen-bond acceptors (Lipinski definition) is 1. The van der Waals surface area contributed by atoms with Crippen LogP contribution < -0.4 is 5.32 Å². The number of hydrogen-bond donors (Lipinski definition) is 2. The zero-order valence-electron chi connectivity index (χ0n) is 17.1. The topological polar surface area (TPSA) is 48.1 Å². The van der Waals surface area contributed by atoms with Crippen molar-refractivity contribution in [1.82, 2.24) is 15.2 Å². The molecular weight excluding hydrogens is 358 g/mol. The van der Waals surface area contributed by atoms with Gasteiger partial charge in [-0.2, -0.15) is 0 Å². The Morgan fingerprint density at radius 3 is 2.59 bits per heavy atom. The average molecular weight is 388 g/mol. The van der Waals surface area contributed by atoms with E-state index < -0.39 is 0 Å². The fraction of sp³-hybridized carbons (Fsp3) is 0.400. The van der Waals surface area contributed by atoms with Crippen molar-refractivity contribution in [3.8, 4) is 0 Å². The fourth-order valence-electron chi connectivity index (χ4n) is 5.06. The lowest BCUT2D eigenvalue weighted by Gasteiger charge is -2.37. The molecule has 0 bridgehead atoms. The highest BCUT2D eigenvalue weighted by Crippen LogP contribution is 2.38. The zero-order chi connectivity index (χ0) is 19.8. The summed E-state index contributed by atoms with van der Waals surface area (Å²) < 4.78 is 0. The highest BCUT2D eigenvalue weighted by atomic mass is 16.2. The lowest BCUT2D eigenvalue weighted by Crippen LogP contribution is -2.49. The molecule has 1 aliphatic carbocycles. The summed E-state index contributed by atoms with van der Waals surface area (Å²) in [6.45, 7) is 2.85. The third-order valence-corrected chi connectivity index (χ3v) is 6.62. The van der Waals surface area contributed by atoms with Gasteiger partial charge in [0, 0.05) is 29.2 Å². The largest absolute Gasteiger partial charge is 0.356 e. The number of carbonyl (C=O) groups excluding carboxylic acids is 1. The van der Waals surface area contributed by atoms with Gasteiger partial charge in [-0.1, -0.05) is 67.3 Å². The Bertz CT molecular complexity index is 1010. The first-order chi connectivity index (χ1) is 14.2. The molecule has 2 heterocycles. The molecule has 1 aliphatic heterocycles. The Hall–Kier alpha value is -2.75. The highest BCUT2D eigenvalue weighted by molar-refractivity contribution is 5.86. The first kappa shape index (κ1) is 18.3. The van der Waals surface area contributed by atoms with Crippen molar-refractivity contribution in [3.63, 3.8) is 0 Å². The van der Waals surface area contributed by atoms with Crippen LogP contribution in [0, 0.1) is 6.92 Å². The number of aromatic nitrogens is 1. The number of fused-ring (bicyclic) bond motifs is 3. The molecule has 3 aromatic rings. The van der Waals surface area contributed by atoms with E-state index in [1.165, 1.54) is 47.0 Å². The number of amides is 2. The predicted octanol–water partition coefficient (Wildman–Crippen LogP) is 5.47. The smallest absolute Gasteiger partial charge is 0.318 e. The second-order valence-corrected chi connectivity index (χ2v) is 8.60. The van der Waals surface area contributed by atoms with Gasteiger partial charge in [0.2, 0.25) is 0 Å². The first-order valence-corrected chi connectivity index (χ1v) is 10.9. The number of benzene rings is 2. The van der Waals surface area contributed by atoms with Crippen LogP contribution in [0.5, 0.6) is 0 Å². The van der Waals surface area contributed by atoms with E-state index >= 15 is 0 Å². The van der Waals surface area contributed by atoms with Crippen molar-refractivity contribution in [2.45, 2.75) is 57.5 Å². The number of nitrogens with zero attached hydrogens (tertiary/aromatic N) is 1. The van der Waals surface area contributed by atoms with Crippen molar-refractivity contribution in [3.05, 3.63) is 70.9 Å². The number of carbonyl (C=O) groups is 1. The van der Waals surface area contributed by atoms with Crippen LogP contribution in [0.1, 0.15) is 60.5 Å². The van der Waals surface area contributed by atoms with E-state index in [0.29, 0.717) is 6.04 Å². The van der Waals surface area contributed by atoms with Crippen LogP contribution in [-0.4, -0.2) is 28.5 Å². The molecule has 5 rings (SSSR count). The van der Waals surface area contributed by atoms with Gasteiger partial charge >= 0.3 is 6.03 Å². The van der Waals surface area contributed by atoms with Gasteiger partial charge in [0.15, 0.2) is 0 Å². The second-order valence-electron chi connectivity index (χ2n) is 8.60. The van der Waals surface area contributed by atoms with E-state index in [0.717, 1.165) is 31.3 Å². The Balaban J connectivity index is 1.53. The summed E-state index contributed by atoms with van der Waals surface area (Å²) in [5, 5.41) is 4.62. The van der Waals surface area contributed by atoms with Crippen molar-refractivity contribution in [2.75, 3.05) is 6.54 Å². The summed E-state index contributed by atoms with van der Waals surface area (Å²) >= 11 is 0. The Morgan fingerprint density at radius 2 is 1.79 bits per heavy atom. The molecule has 2 aromatic carbocycles. The second kappa shape index (κ2) is 7.58. The van der Waals surface area contributed by atoms with Crippen LogP contribution in [0.2, 0.25) is 0 Å². The normalized spacial score (nSPS) is 19.9. The molecule has 2 aliphatic rings. The highest BCUT2D eigenvalue weighted by Gasteiger charge is 2.35. The summed E-state index contributed by atoms with van der Waals surface area (Å²) in [7, 11) is 0. The molecule has 1 aromatic heterocycles. The summed E-state index contributed by atoms with van der Waals surface area (Å²) in [6, 6.07) is 17.4.